The molecule has 0 aliphatic carbocycles. The summed E-state index contributed by atoms with van der Waals surface area (Å²) >= 11 is 1.70. The van der Waals surface area contributed by atoms with E-state index in [1.807, 2.05) is 25.1 Å². The molecule has 132 valence electrons. The van der Waals surface area contributed by atoms with Crippen LogP contribution < -0.4 is 10.6 Å². The van der Waals surface area contributed by atoms with E-state index in [-0.39, 0.29) is 6.04 Å². The van der Waals surface area contributed by atoms with Crippen LogP contribution in [-0.2, 0) is 6.54 Å². The molecule has 1 atom stereocenters. The van der Waals surface area contributed by atoms with Gasteiger partial charge in [0.15, 0.2) is 5.96 Å². The van der Waals surface area contributed by atoms with Crippen LogP contribution in [0.25, 0.3) is 11.0 Å². The fourth-order valence-electron chi connectivity index (χ4n) is 2.57. The topological polar surface area (TPSA) is 62.5 Å². The van der Waals surface area contributed by atoms with Crippen molar-refractivity contribution in [2.75, 3.05) is 6.54 Å². The van der Waals surface area contributed by atoms with Crippen LogP contribution in [0.5, 0.6) is 0 Å². The summed E-state index contributed by atoms with van der Waals surface area (Å²) in [6, 6.07) is 10.1. The van der Waals surface area contributed by atoms with Gasteiger partial charge in [-0.25, -0.2) is 9.98 Å². The van der Waals surface area contributed by atoms with Crippen LogP contribution in [0.4, 0.5) is 0 Å². The van der Waals surface area contributed by atoms with Crippen molar-refractivity contribution in [3.05, 3.63) is 51.7 Å². The predicted molar refractivity (Wildman–Crippen MR) is 104 cm³/mol. The Labute approximate surface area is 152 Å². The molecule has 0 saturated carbocycles. The maximum absolute atomic E-state index is 5.94. The molecule has 0 fully saturated rings. The largest absolute Gasteiger partial charge is 0.459 e. The van der Waals surface area contributed by atoms with E-state index in [2.05, 4.69) is 53.5 Å². The van der Waals surface area contributed by atoms with Gasteiger partial charge in [0.05, 0.1) is 18.3 Å². The minimum Gasteiger partial charge on any atom is -0.459 e. The molecule has 1 aromatic carbocycles. The first-order valence-electron chi connectivity index (χ1n) is 8.53. The highest BCUT2D eigenvalue weighted by Crippen LogP contribution is 2.23. The standard InChI is InChI=1S/C19H24N4OS/c1-5-20-19(21-11-18-22-12(2)14(4)25-18)23-13(3)17-10-15-8-6-7-9-16(15)24-17/h6-10,13H,5,11H2,1-4H3,(H2,20,21,23). The molecule has 6 heteroatoms. The van der Waals surface area contributed by atoms with E-state index in [1.165, 1.54) is 4.88 Å². The van der Waals surface area contributed by atoms with E-state index < -0.39 is 0 Å². The Bertz CT molecular complexity index is 828. The number of aromatic nitrogens is 1. The third-order valence-corrected chi connectivity index (χ3v) is 5.07. The van der Waals surface area contributed by atoms with Gasteiger partial charge >= 0.3 is 0 Å². The molecule has 0 aliphatic heterocycles. The number of nitrogens with one attached hydrogen (secondary N) is 2. The first kappa shape index (κ1) is 17.5. The zero-order valence-corrected chi connectivity index (χ0v) is 15.9. The van der Waals surface area contributed by atoms with Gasteiger partial charge in [-0.1, -0.05) is 18.2 Å². The molecule has 0 aliphatic rings. The maximum atomic E-state index is 5.94. The molecule has 2 aromatic heterocycles. The lowest BCUT2D eigenvalue weighted by atomic mass is 10.2. The van der Waals surface area contributed by atoms with Crippen LogP contribution in [0.2, 0.25) is 0 Å². The zero-order chi connectivity index (χ0) is 17.8. The molecule has 2 heterocycles. The molecule has 3 rings (SSSR count). The van der Waals surface area contributed by atoms with Crippen LogP contribution >= 0.6 is 11.3 Å². The SMILES string of the molecule is CCNC(=NCc1nc(C)c(C)s1)NC(C)c1cc2ccccc2o1. The molecule has 25 heavy (non-hydrogen) atoms. The molecule has 0 saturated heterocycles. The minimum atomic E-state index is 0.0185. The highest BCUT2D eigenvalue weighted by atomic mass is 32.1. The number of guanidine groups is 1. The summed E-state index contributed by atoms with van der Waals surface area (Å²) in [5.74, 6) is 1.66. The normalized spacial score (nSPS) is 13.2. The smallest absolute Gasteiger partial charge is 0.192 e. The molecule has 1 unspecified atom stereocenters. The second-order valence-electron chi connectivity index (χ2n) is 6.00. The number of fused-ring (bicyclic) bond motifs is 1. The zero-order valence-electron chi connectivity index (χ0n) is 15.1. The van der Waals surface area contributed by atoms with Crippen molar-refractivity contribution in [1.29, 1.82) is 0 Å². The van der Waals surface area contributed by atoms with E-state index in [9.17, 15) is 0 Å². The Morgan fingerprint density at radius 1 is 1.32 bits per heavy atom. The van der Waals surface area contributed by atoms with E-state index in [0.29, 0.717) is 6.54 Å². The molecule has 2 N–H and O–H groups in total. The van der Waals surface area contributed by atoms with Crippen molar-refractivity contribution in [2.45, 2.75) is 40.3 Å². The van der Waals surface area contributed by atoms with Crippen LogP contribution in [-0.4, -0.2) is 17.5 Å². The first-order valence-corrected chi connectivity index (χ1v) is 9.34. The fraction of sp³-hybridized carbons (Fsp3) is 0.368. The molecular weight excluding hydrogens is 332 g/mol. The number of benzene rings is 1. The van der Waals surface area contributed by atoms with E-state index >= 15 is 0 Å². The van der Waals surface area contributed by atoms with Crippen LogP contribution in [0.1, 0.15) is 41.2 Å². The average molecular weight is 356 g/mol. The molecule has 3 aromatic rings. The van der Waals surface area contributed by atoms with Gasteiger partial charge in [-0.2, -0.15) is 0 Å². The summed E-state index contributed by atoms with van der Waals surface area (Å²) in [5, 5.41) is 8.84. The van der Waals surface area contributed by atoms with Gasteiger partial charge in [-0.05, 0) is 39.8 Å². The van der Waals surface area contributed by atoms with Crippen molar-refractivity contribution in [2.24, 2.45) is 4.99 Å². The molecule has 0 amide bonds. The Morgan fingerprint density at radius 3 is 2.80 bits per heavy atom. The molecular formula is C19H24N4OS. The molecule has 5 nitrogen and oxygen atoms in total. The molecule has 0 radical (unpaired) electrons. The number of nitrogens with zero attached hydrogens (tertiary/aromatic N) is 2. The van der Waals surface area contributed by atoms with E-state index in [0.717, 1.165) is 39.9 Å². The summed E-state index contributed by atoms with van der Waals surface area (Å²) in [5.41, 5.74) is 1.99. The maximum Gasteiger partial charge on any atom is 0.192 e. The van der Waals surface area contributed by atoms with Gasteiger partial charge in [-0.3, -0.25) is 0 Å². The highest BCUT2D eigenvalue weighted by Gasteiger charge is 2.13. The lowest BCUT2D eigenvalue weighted by molar-refractivity contribution is 0.488. The molecule has 0 bridgehead atoms. The monoisotopic (exact) mass is 356 g/mol. The second-order valence-corrected chi connectivity index (χ2v) is 7.28. The second kappa shape index (κ2) is 7.70. The Morgan fingerprint density at radius 2 is 2.12 bits per heavy atom. The van der Waals surface area contributed by atoms with Gasteiger partial charge in [-0.15, -0.1) is 11.3 Å². The van der Waals surface area contributed by atoms with Crippen molar-refractivity contribution < 1.29 is 4.42 Å². The van der Waals surface area contributed by atoms with Gasteiger partial charge in [0.2, 0.25) is 0 Å². The lowest BCUT2D eigenvalue weighted by Gasteiger charge is -2.15. The minimum absolute atomic E-state index is 0.0185. The summed E-state index contributed by atoms with van der Waals surface area (Å²) in [7, 11) is 0. The van der Waals surface area contributed by atoms with Gasteiger partial charge < -0.3 is 15.1 Å². The Balaban J connectivity index is 1.72. The quantitative estimate of drug-likeness (QED) is 0.528. The summed E-state index contributed by atoms with van der Waals surface area (Å²) in [6.45, 7) is 9.62. The van der Waals surface area contributed by atoms with Gasteiger partial charge in [0.1, 0.15) is 16.4 Å². The third-order valence-electron chi connectivity index (χ3n) is 4.01. The van der Waals surface area contributed by atoms with Crippen LogP contribution in [0, 0.1) is 13.8 Å². The number of aryl methyl sites for hydroxylation is 2. The summed E-state index contributed by atoms with van der Waals surface area (Å²) < 4.78 is 5.94. The van der Waals surface area contributed by atoms with Gasteiger partial charge in [0.25, 0.3) is 0 Å². The number of hydrogen-bond donors (Lipinski definition) is 2. The molecule has 0 spiro atoms. The van der Waals surface area contributed by atoms with E-state index in [1.54, 1.807) is 11.3 Å². The van der Waals surface area contributed by atoms with E-state index in [4.69, 9.17) is 4.42 Å². The van der Waals surface area contributed by atoms with Crippen molar-refractivity contribution in [3.8, 4) is 0 Å². The number of rotatable bonds is 5. The fourth-order valence-corrected chi connectivity index (χ4v) is 3.42. The van der Waals surface area contributed by atoms with Crippen molar-refractivity contribution in [3.63, 3.8) is 0 Å². The average Bonchev–Trinajstić information content (AvgIpc) is 3.16. The number of thiazole rings is 1. The summed E-state index contributed by atoms with van der Waals surface area (Å²) in [4.78, 5) is 10.5. The van der Waals surface area contributed by atoms with Crippen LogP contribution in [0.3, 0.4) is 0 Å². The first-order chi connectivity index (χ1) is 12.1. The Hall–Kier alpha value is -2.34. The van der Waals surface area contributed by atoms with Gasteiger partial charge in [0, 0.05) is 16.8 Å². The number of furan rings is 1. The number of hydrogen-bond acceptors (Lipinski definition) is 4. The van der Waals surface area contributed by atoms with Crippen LogP contribution in [0.15, 0.2) is 39.7 Å². The highest BCUT2D eigenvalue weighted by molar-refractivity contribution is 7.11. The number of aliphatic imine (C=N–C) groups is 1. The predicted octanol–water partition coefficient (Wildman–Crippen LogP) is 4.32. The summed E-state index contributed by atoms with van der Waals surface area (Å²) in [6.07, 6.45) is 0. The van der Waals surface area contributed by atoms with Crippen molar-refractivity contribution in [1.82, 2.24) is 15.6 Å². The number of para-hydroxylation sites is 1. The third kappa shape index (κ3) is 4.20. The lowest BCUT2D eigenvalue weighted by Crippen LogP contribution is -2.38. The van der Waals surface area contributed by atoms with Crippen molar-refractivity contribution >= 4 is 28.3 Å². The Kier molecular flexibility index (Phi) is 5.38.